The van der Waals surface area contributed by atoms with Crippen molar-refractivity contribution in [1.82, 2.24) is 10.2 Å². The minimum absolute atomic E-state index is 0.340. The normalized spacial score (nSPS) is 27.8. The molecule has 1 aliphatic heterocycles. The smallest absolute Gasteiger partial charge is 0.119 e. The van der Waals surface area contributed by atoms with E-state index in [-0.39, 0.29) is 0 Å². The summed E-state index contributed by atoms with van der Waals surface area (Å²) in [6.07, 6.45) is 3.15. The highest BCUT2D eigenvalue weighted by atomic mass is 32.2. The summed E-state index contributed by atoms with van der Waals surface area (Å²) >= 11 is 1.76. The van der Waals surface area contributed by atoms with E-state index in [0.29, 0.717) is 11.4 Å². The highest BCUT2D eigenvalue weighted by Crippen LogP contribution is 2.30. The third-order valence-corrected chi connectivity index (χ3v) is 3.51. The number of rotatable bonds is 2. The third kappa shape index (κ3) is 2.19. The lowest BCUT2D eigenvalue weighted by Gasteiger charge is -2.11. The Labute approximate surface area is 81.9 Å². The quantitative estimate of drug-likeness (QED) is 0.721. The van der Waals surface area contributed by atoms with Gasteiger partial charge in [0.05, 0.1) is 6.10 Å². The van der Waals surface area contributed by atoms with Crippen LogP contribution in [-0.2, 0) is 4.74 Å². The van der Waals surface area contributed by atoms with E-state index < -0.39 is 0 Å². The molecule has 13 heavy (non-hydrogen) atoms. The predicted molar refractivity (Wildman–Crippen MR) is 51.7 cm³/mol. The van der Waals surface area contributed by atoms with Crippen LogP contribution < -0.4 is 0 Å². The van der Waals surface area contributed by atoms with E-state index in [0.717, 1.165) is 18.1 Å². The molecule has 1 saturated heterocycles. The van der Waals surface area contributed by atoms with Crippen LogP contribution in [0.3, 0.4) is 0 Å². The van der Waals surface area contributed by atoms with Gasteiger partial charge < -0.3 is 4.74 Å². The van der Waals surface area contributed by atoms with Gasteiger partial charge >= 0.3 is 0 Å². The second kappa shape index (κ2) is 4.07. The third-order valence-electron chi connectivity index (χ3n) is 2.13. The largest absolute Gasteiger partial charge is 0.377 e. The van der Waals surface area contributed by atoms with Gasteiger partial charge in [-0.25, -0.2) is 0 Å². The highest BCUT2D eigenvalue weighted by molar-refractivity contribution is 7.99. The zero-order chi connectivity index (χ0) is 9.10. The lowest BCUT2D eigenvalue weighted by Crippen LogP contribution is -2.13. The Bertz CT molecular complexity index is 268. The van der Waals surface area contributed by atoms with Crippen molar-refractivity contribution < 1.29 is 4.74 Å². The van der Waals surface area contributed by atoms with E-state index in [1.54, 1.807) is 18.0 Å². The van der Waals surface area contributed by atoms with Crippen LogP contribution in [0, 0.1) is 0 Å². The van der Waals surface area contributed by atoms with E-state index in [4.69, 9.17) is 4.74 Å². The standard InChI is InChI=1S/C9H12N2OS/c1-7-8(4-6-12-7)13-9-3-2-5-10-11-9/h2-3,5,7-8H,4,6H2,1H3. The van der Waals surface area contributed by atoms with Crippen molar-refractivity contribution in [2.75, 3.05) is 6.61 Å². The fourth-order valence-electron chi connectivity index (χ4n) is 1.37. The van der Waals surface area contributed by atoms with Crippen molar-refractivity contribution in [2.24, 2.45) is 0 Å². The molecule has 3 nitrogen and oxygen atoms in total. The van der Waals surface area contributed by atoms with Crippen LogP contribution in [0.5, 0.6) is 0 Å². The summed E-state index contributed by atoms with van der Waals surface area (Å²) in [5, 5.41) is 9.40. The molecule has 0 bridgehead atoms. The first-order valence-corrected chi connectivity index (χ1v) is 5.30. The number of hydrogen-bond acceptors (Lipinski definition) is 4. The second-order valence-corrected chi connectivity index (χ2v) is 4.34. The van der Waals surface area contributed by atoms with Gasteiger partial charge in [-0.05, 0) is 25.5 Å². The molecular formula is C9H12N2OS. The van der Waals surface area contributed by atoms with Gasteiger partial charge in [0.2, 0.25) is 0 Å². The number of ether oxygens (including phenoxy) is 1. The summed E-state index contributed by atoms with van der Waals surface area (Å²) < 4.78 is 5.47. The van der Waals surface area contributed by atoms with Crippen molar-refractivity contribution in [2.45, 2.75) is 29.7 Å². The molecule has 0 aromatic carbocycles. The van der Waals surface area contributed by atoms with Crippen LogP contribution in [0.4, 0.5) is 0 Å². The maximum absolute atomic E-state index is 5.47. The molecule has 0 N–H and O–H groups in total. The Kier molecular flexibility index (Phi) is 2.80. The average Bonchev–Trinajstić information content (AvgIpc) is 2.54. The molecule has 0 amide bonds. The fraction of sp³-hybridized carbons (Fsp3) is 0.556. The van der Waals surface area contributed by atoms with Crippen molar-refractivity contribution in [3.05, 3.63) is 18.3 Å². The van der Waals surface area contributed by atoms with Gasteiger partial charge in [0.25, 0.3) is 0 Å². The molecule has 2 heterocycles. The zero-order valence-corrected chi connectivity index (χ0v) is 8.33. The van der Waals surface area contributed by atoms with E-state index >= 15 is 0 Å². The number of thioether (sulfide) groups is 1. The summed E-state index contributed by atoms with van der Waals surface area (Å²) in [7, 11) is 0. The van der Waals surface area contributed by atoms with Crippen molar-refractivity contribution >= 4 is 11.8 Å². The number of nitrogens with zero attached hydrogens (tertiary/aromatic N) is 2. The second-order valence-electron chi connectivity index (χ2n) is 3.08. The van der Waals surface area contributed by atoms with Gasteiger partial charge in [-0.1, -0.05) is 11.8 Å². The molecule has 1 aliphatic rings. The maximum Gasteiger partial charge on any atom is 0.119 e. The molecule has 0 radical (unpaired) electrons. The topological polar surface area (TPSA) is 35.0 Å². The Morgan fingerprint density at radius 3 is 3.15 bits per heavy atom. The zero-order valence-electron chi connectivity index (χ0n) is 7.51. The molecule has 4 heteroatoms. The van der Waals surface area contributed by atoms with Crippen LogP contribution in [-0.4, -0.2) is 28.2 Å². The summed E-state index contributed by atoms with van der Waals surface area (Å²) in [6, 6.07) is 3.90. The summed E-state index contributed by atoms with van der Waals surface area (Å²) in [5.74, 6) is 0. The molecule has 0 aliphatic carbocycles. The van der Waals surface area contributed by atoms with Gasteiger partial charge in [-0.15, -0.1) is 5.10 Å². The van der Waals surface area contributed by atoms with Gasteiger partial charge in [-0.3, -0.25) is 0 Å². The molecule has 1 fully saturated rings. The van der Waals surface area contributed by atoms with E-state index in [1.807, 2.05) is 12.1 Å². The minimum atomic E-state index is 0.340. The monoisotopic (exact) mass is 196 g/mol. The van der Waals surface area contributed by atoms with Crippen molar-refractivity contribution in [1.29, 1.82) is 0 Å². The first kappa shape index (κ1) is 8.97. The first-order valence-electron chi connectivity index (χ1n) is 4.42. The number of hydrogen-bond donors (Lipinski definition) is 0. The Hall–Kier alpha value is -0.610. The van der Waals surface area contributed by atoms with Gasteiger partial charge in [-0.2, -0.15) is 5.10 Å². The van der Waals surface area contributed by atoms with Crippen molar-refractivity contribution in [3.63, 3.8) is 0 Å². The molecule has 2 unspecified atom stereocenters. The van der Waals surface area contributed by atoms with E-state index in [9.17, 15) is 0 Å². The molecule has 2 atom stereocenters. The lowest BCUT2D eigenvalue weighted by atomic mass is 10.3. The SMILES string of the molecule is CC1OCCC1Sc1cccnn1. The number of aromatic nitrogens is 2. The predicted octanol–water partition coefficient (Wildman–Crippen LogP) is 1.75. The molecule has 1 aromatic heterocycles. The summed E-state index contributed by atoms with van der Waals surface area (Å²) in [4.78, 5) is 0. The maximum atomic E-state index is 5.47. The minimum Gasteiger partial charge on any atom is -0.377 e. The van der Waals surface area contributed by atoms with Crippen molar-refractivity contribution in [3.8, 4) is 0 Å². The molecule has 0 spiro atoms. The van der Waals surface area contributed by atoms with Crippen LogP contribution >= 0.6 is 11.8 Å². The Morgan fingerprint density at radius 1 is 1.62 bits per heavy atom. The van der Waals surface area contributed by atoms with Crippen LogP contribution in [0.2, 0.25) is 0 Å². The van der Waals surface area contributed by atoms with Gasteiger partial charge in [0, 0.05) is 18.1 Å². The fourth-order valence-corrected chi connectivity index (χ4v) is 2.42. The molecule has 0 saturated carbocycles. The van der Waals surface area contributed by atoms with Crippen LogP contribution in [0.1, 0.15) is 13.3 Å². The highest BCUT2D eigenvalue weighted by Gasteiger charge is 2.25. The van der Waals surface area contributed by atoms with Gasteiger partial charge in [0.15, 0.2) is 0 Å². The molecule has 70 valence electrons. The van der Waals surface area contributed by atoms with Gasteiger partial charge in [0.1, 0.15) is 5.03 Å². The first-order chi connectivity index (χ1) is 6.36. The molecule has 1 aromatic rings. The molecule has 2 rings (SSSR count). The summed E-state index contributed by atoms with van der Waals surface area (Å²) in [6.45, 7) is 2.99. The summed E-state index contributed by atoms with van der Waals surface area (Å²) in [5.41, 5.74) is 0. The lowest BCUT2D eigenvalue weighted by molar-refractivity contribution is 0.127. The molecular weight excluding hydrogens is 184 g/mol. The van der Waals surface area contributed by atoms with Crippen LogP contribution in [0.15, 0.2) is 23.4 Å². The van der Waals surface area contributed by atoms with E-state index in [1.165, 1.54) is 0 Å². The Morgan fingerprint density at radius 2 is 2.54 bits per heavy atom. The Balaban J connectivity index is 1.98. The van der Waals surface area contributed by atoms with E-state index in [2.05, 4.69) is 17.1 Å². The van der Waals surface area contributed by atoms with Crippen LogP contribution in [0.25, 0.3) is 0 Å². The average molecular weight is 196 g/mol.